The first kappa shape index (κ1) is 45.7. The van der Waals surface area contributed by atoms with Gasteiger partial charge in [-0.15, -0.1) is 0 Å². The molecule has 5 aliphatic rings. The molecule has 15 heteroatoms. The number of esters is 1. The number of benzene rings is 2. The number of carbonyl (C=O) groups is 3. The van der Waals surface area contributed by atoms with Crippen molar-refractivity contribution >= 4 is 34.1 Å². The number of carbonyl (C=O) groups excluding carboxylic acids is 3. The Hall–Kier alpha value is -4.83. The highest BCUT2D eigenvalue weighted by Crippen LogP contribution is 2.51. The van der Waals surface area contributed by atoms with Gasteiger partial charge in [0.1, 0.15) is 34.0 Å². The molecule has 7 rings (SSSR count). The number of aromatic hydroxyl groups is 2. The van der Waals surface area contributed by atoms with Gasteiger partial charge in [-0.1, -0.05) is 52.8 Å². The number of ketones is 1. The number of aliphatic hydroxyl groups excluding tert-OH is 2. The summed E-state index contributed by atoms with van der Waals surface area (Å²) in [5.74, 6) is -7.03. The number of likely N-dealkylation sites (tertiary alicyclic amines) is 1. The second-order valence-electron chi connectivity index (χ2n) is 17.6. The van der Waals surface area contributed by atoms with Gasteiger partial charge in [-0.05, 0) is 33.3 Å². The third-order valence-electron chi connectivity index (χ3n) is 13.4. The Bertz CT molecular complexity index is 2300. The number of nitrogens with one attached hydrogen (secondary N) is 1. The maximum Gasteiger partial charge on any atom is 0.312 e. The predicted molar refractivity (Wildman–Crippen MR) is 228 cm³/mol. The van der Waals surface area contributed by atoms with Gasteiger partial charge < -0.3 is 49.6 Å². The molecule has 1 spiro atoms. The number of aliphatic hydroxyl groups is 2. The van der Waals surface area contributed by atoms with Gasteiger partial charge in [-0.3, -0.25) is 19.4 Å². The summed E-state index contributed by atoms with van der Waals surface area (Å²) in [6.07, 6.45) is 6.05. The van der Waals surface area contributed by atoms with Crippen LogP contribution >= 0.6 is 0 Å². The average molecular weight is 847 g/mol. The summed E-state index contributed by atoms with van der Waals surface area (Å²) in [6, 6.07) is 0.359. The Labute approximate surface area is 356 Å². The summed E-state index contributed by atoms with van der Waals surface area (Å²) in [7, 11) is 1.47. The van der Waals surface area contributed by atoms with Crippen molar-refractivity contribution in [1.82, 2.24) is 4.90 Å². The molecular formula is C46H62N4O11. The third-order valence-corrected chi connectivity index (χ3v) is 13.4. The quantitative estimate of drug-likeness (QED) is 0.205. The third kappa shape index (κ3) is 8.29. The van der Waals surface area contributed by atoms with Crippen molar-refractivity contribution < 1.29 is 53.8 Å². The highest BCUT2D eigenvalue weighted by Gasteiger charge is 2.51. The number of phenolic OH excluding ortho intramolecular Hbond substituents is 2. The number of nitrogens with zero attached hydrogens (tertiary/aromatic N) is 3. The molecular weight excluding hydrogens is 785 g/mol. The number of ether oxygens (including phenoxy) is 4. The number of amides is 1. The first-order chi connectivity index (χ1) is 28.7. The number of hydrogen-bond donors (Lipinski definition) is 5. The normalized spacial score (nSPS) is 33.1. The van der Waals surface area contributed by atoms with Crippen molar-refractivity contribution in [2.45, 2.75) is 130 Å². The molecule has 5 bridgehead atoms. The lowest BCUT2D eigenvalue weighted by Crippen LogP contribution is -2.49. The number of fused-ring (bicyclic) bond motifs is 13. The van der Waals surface area contributed by atoms with Crippen LogP contribution in [0.5, 0.6) is 17.2 Å². The van der Waals surface area contributed by atoms with Gasteiger partial charge in [0.05, 0.1) is 41.2 Å². The van der Waals surface area contributed by atoms with E-state index in [1.54, 1.807) is 65.8 Å². The van der Waals surface area contributed by atoms with E-state index >= 15 is 0 Å². The van der Waals surface area contributed by atoms with Crippen LogP contribution in [0.3, 0.4) is 0 Å². The highest BCUT2D eigenvalue weighted by molar-refractivity contribution is 6.21. The lowest BCUT2D eigenvalue weighted by molar-refractivity contribution is -0.160. The Morgan fingerprint density at radius 3 is 2.30 bits per heavy atom. The van der Waals surface area contributed by atoms with Crippen molar-refractivity contribution in [3.63, 3.8) is 0 Å². The Balaban J connectivity index is 1.56. The van der Waals surface area contributed by atoms with Crippen LogP contribution in [0.15, 0.2) is 46.1 Å². The molecule has 0 radical (unpaired) electrons. The minimum absolute atomic E-state index is 0.0536. The summed E-state index contributed by atoms with van der Waals surface area (Å²) >= 11 is 0. The number of piperidine rings is 1. The monoisotopic (exact) mass is 846 g/mol. The fourth-order valence-corrected chi connectivity index (χ4v) is 9.21. The van der Waals surface area contributed by atoms with E-state index < -0.39 is 82.9 Å². The largest absolute Gasteiger partial charge is 0.507 e. The predicted octanol–water partition coefficient (Wildman–Crippen LogP) is 4.89. The molecule has 15 nitrogen and oxygen atoms in total. The molecule has 1 fully saturated rings. The second kappa shape index (κ2) is 17.5. The van der Waals surface area contributed by atoms with E-state index in [0.717, 1.165) is 19.5 Å². The zero-order valence-electron chi connectivity index (χ0n) is 37.1. The van der Waals surface area contributed by atoms with Gasteiger partial charge in [-0.25, -0.2) is 4.99 Å². The fourth-order valence-electron chi connectivity index (χ4n) is 9.21. The molecule has 0 aromatic heterocycles. The number of anilines is 1. The standard InChI is InChI=1S/C46H62N4O11/c1-12-24(4)50-19-17-46(18-20-50)48-34-31-32-39(54)28(8)42-33(31)43(56)45(10,61-42)59-21-16-30(58-11)25(5)41(60-29(9)51)27(7)38(53)26(6)37(52)22(2)14-13-15-23(3)44(57)47-36(40(32)55)35(34)49-46/h13-16,21-22,24-27,30,37-38,41,48,52-55H,12,17-20H2,1-11H3/b14-13+,21-16+,23-15+,47-36?/t22-,24+,25+,26+,27+,30-,37-,38+,41+,45-/m0/s1. The minimum Gasteiger partial charge on any atom is -0.507 e. The Morgan fingerprint density at radius 2 is 1.67 bits per heavy atom. The Morgan fingerprint density at radius 1 is 1.00 bits per heavy atom. The maximum atomic E-state index is 14.7. The fraction of sp³-hybridized carbons (Fsp3) is 0.587. The van der Waals surface area contributed by atoms with Crippen LogP contribution in [0.2, 0.25) is 0 Å². The lowest BCUT2D eigenvalue weighted by Gasteiger charge is -2.40. The van der Waals surface area contributed by atoms with E-state index in [9.17, 15) is 34.8 Å². The zero-order chi connectivity index (χ0) is 44.9. The van der Waals surface area contributed by atoms with Crippen LogP contribution in [0.1, 0.15) is 97.5 Å². The van der Waals surface area contributed by atoms with Gasteiger partial charge in [0.15, 0.2) is 5.75 Å². The smallest absolute Gasteiger partial charge is 0.312 e. The van der Waals surface area contributed by atoms with Crippen LogP contribution in [0, 0.1) is 30.6 Å². The highest BCUT2D eigenvalue weighted by atomic mass is 16.7. The first-order valence-corrected chi connectivity index (χ1v) is 21.3. The summed E-state index contributed by atoms with van der Waals surface area (Å²) in [5.41, 5.74) is -0.115. The molecule has 332 valence electrons. The molecule has 5 N–H and O–H groups in total. The zero-order valence-corrected chi connectivity index (χ0v) is 37.1. The van der Waals surface area contributed by atoms with Gasteiger partial charge in [0.25, 0.3) is 11.7 Å². The first-order valence-electron chi connectivity index (χ1n) is 21.3. The molecule has 2 aromatic carbocycles. The van der Waals surface area contributed by atoms with Crippen molar-refractivity contribution in [2.24, 2.45) is 33.7 Å². The van der Waals surface area contributed by atoms with Crippen LogP contribution in [-0.4, -0.2) is 105 Å². The summed E-state index contributed by atoms with van der Waals surface area (Å²) in [6.45, 7) is 18.6. The van der Waals surface area contributed by atoms with E-state index in [0.29, 0.717) is 24.6 Å². The van der Waals surface area contributed by atoms with E-state index in [4.69, 9.17) is 23.9 Å². The van der Waals surface area contributed by atoms with Crippen molar-refractivity contribution in [3.8, 4) is 17.2 Å². The number of Topliss-reactive ketones (excluding diaryl/α,β-unsaturated/α-hetero) is 1. The molecule has 0 unspecified atom stereocenters. The molecule has 1 amide bonds. The molecule has 5 aliphatic heterocycles. The maximum absolute atomic E-state index is 14.7. The molecule has 0 saturated carbocycles. The van der Waals surface area contributed by atoms with Crippen molar-refractivity contribution in [3.05, 3.63) is 58.0 Å². The molecule has 61 heavy (non-hydrogen) atoms. The van der Waals surface area contributed by atoms with Crippen LogP contribution in [0.25, 0.3) is 10.8 Å². The number of methoxy groups -OCH3 is 1. The van der Waals surface area contributed by atoms with E-state index in [-0.39, 0.29) is 49.7 Å². The van der Waals surface area contributed by atoms with E-state index in [2.05, 4.69) is 29.1 Å². The number of allylic oxidation sites excluding steroid dienone is 2. The summed E-state index contributed by atoms with van der Waals surface area (Å²) in [4.78, 5) is 52.9. The number of rotatable bonds is 4. The Kier molecular flexibility index (Phi) is 13.1. The lowest BCUT2D eigenvalue weighted by atomic mass is 9.78. The minimum atomic E-state index is -1.95. The second-order valence-corrected chi connectivity index (χ2v) is 17.6. The van der Waals surface area contributed by atoms with Gasteiger partial charge in [0, 0.05) is 93.1 Å². The van der Waals surface area contributed by atoms with Crippen molar-refractivity contribution in [1.29, 1.82) is 0 Å². The summed E-state index contributed by atoms with van der Waals surface area (Å²) in [5, 5.41) is 50.6. The molecule has 2 aromatic rings. The average Bonchev–Trinajstić information content (AvgIpc) is 3.73. The van der Waals surface area contributed by atoms with Gasteiger partial charge in [-0.2, -0.15) is 0 Å². The van der Waals surface area contributed by atoms with Gasteiger partial charge >= 0.3 is 11.8 Å². The SMILES string of the molecule is CC[C@@H](C)N1CCC2(CC1)N=c1c(c3c4c5c(C)c(O)c3c(O)c1=NC(=O)/C(C)=C/C=C/[C@H](C)[C@H](O)[C@@H](C)[C@@H](O)[C@@H](C)[C@H](OC(C)=O)[C@H](C)[C@@H](OC)/C=C/O[C@@](C)(O5)C4=O)N2. The van der Waals surface area contributed by atoms with E-state index in [1.807, 2.05) is 0 Å². The summed E-state index contributed by atoms with van der Waals surface area (Å²) < 4.78 is 24.0. The van der Waals surface area contributed by atoms with E-state index in [1.165, 1.54) is 27.2 Å². The molecule has 10 atom stereocenters. The molecule has 0 aliphatic carbocycles. The van der Waals surface area contributed by atoms with Crippen LogP contribution in [-0.2, 0) is 23.8 Å². The molecule has 5 heterocycles. The number of hydrogen-bond acceptors (Lipinski definition) is 14. The molecule has 1 saturated heterocycles. The van der Waals surface area contributed by atoms with Crippen LogP contribution < -0.4 is 20.8 Å². The van der Waals surface area contributed by atoms with Crippen LogP contribution in [0.4, 0.5) is 5.69 Å². The van der Waals surface area contributed by atoms with Gasteiger partial charge in [0.2, 0.25) is 0 Å². The topological polar surface area (TPSA) is 209 Å². The van der Waals surface area contributed by atoms with Crippen molar-refractivity contribution in [2.75, 3.05) is 25.5 Å². The number of phenols is 2.